The Morgan fingerprint density at radius 1 is 1.40 bits per heavy atom. The van der Waals surface area contributed by atoms with Gasteiger partial charge < -0.3 is 5.32 Å². The minimum absolute atomic E-state index is 0.455. The van der Waals surface area contributed by atoms with Crippen LogP contribution >= 0.6 is 0 Å². The van der Waals surface area contributed by atoms with Crippen molar-refractivity contribution >= 4 is 0 Å². The van der Waals surface area contributed by atoms with Crippen LogP contribution in [0, 0.1) is 5.92 Å². The molecule has 1 aromatic rings. The second-order valence-electron chi connectivity index (χ2n) is 4.41. The quantitative estimate of drug-likeness (QED) is 0.780. The number of nitrogens with one attached hydrogen (secondary N) is 1. The molecule has 1 N–H and O–H groups in total. The maximum Gasteiger partial charge on any atom is 0.0537 e. The molecule has 0 bridgehead atoms. The van der Waals surface area contributed by atoms with Crippen molar-refractivity contribution in [3.63, 3.8) is 0 Å². The largest absolute Gasteiger partial charge is 0.310 e. The molecule has 0 aromatic carbocycles. The van der Waals surface area contributed by atoms with Gasteiger partial charge in [-0.15, -0.1) is 0 Å². The van der Waals surface area contributed by atoms with E-state index in [-0.39, 0.29) is 0 Å². The van der Waals surface area contributed by atoms with E-state index in [0.29, 0.717) is 12.0 Å². The van der Waals surface area contributed by atoms with Gasteiger partial charge in [-0.2, -0.15) is 5.10 Å². The van der Waals surface area contributed by atoms with Crippen molar-refractivity contribution in [1.29, 1.82) is 0 Å². The van der Waals surface area contributed by atoms with Gasteiger partial charge in [-0.25, -0.2) is 0 Å². The topological polar surface area (TPSA) is 29.9 Å². The van der Waals surface area contributed by atoms with E-state index in [1.54, 1.807) is 0 Å². The van der Waals surface area contributed by atoms with E-state index in [0.717, 1.165) is 19.5 Å². The highest BCUT2D eigenvalue weighted by molar-refractivity contribution is 5.10. The summed E-state index contributed by atoms with van der Waals surface area (Å²) >= 11 is 0. The van der Waals surface area contributed by atoms with Gasteiger partial charge in [0.15, 0.2) is 0 Å². The lowest BCUT2D eigenvalue weighted by atomic mass is 10.1. The summed E-state index contributed by atoms with van der Waals surface area (Å²) in [6.07, 6.45) is 5.26. The number of hydrogen-bond acceptors (Lipinski definition) is 2. The Morgan fingerprint density at radius 3 is 2.67 bits per heavy atom. The Balaban J connectivity index is 2.64. The Bertz CT molecular complexity index is 278. The fraction of sp³-hybridized carbons (Fsp3) is 0.750. The van der Waals surface area contributed by atoms with Gasteiger partial charge in [0, 0.05) is 24.3 Å². The fourth-order valence-electron chi connectivity index (χ4n) is 1.78. The van der Waals surface area contributed by atoms with Gasteiger partial charge in [0.05, 0.1) is 6.20 Å². The summed E-state index contributed by atoms with van der Waals surface area (Å²) in [5.74, 6) is 0.650. The summed E-state index contributed by atoms with van der Waals surface area (Å²) in [5, 5.41) is 7.85. The second-order valence-corrected chi connectivity index (χ2v) is 4.41. The Morgan fingerprint density at radius 2 is 2.13 bits per heavy atom. The number of aromatic nitrogens is 2. The second kappa shape index (κ2) is 5.91. The third-order valence-electron chi connectivity index (χ3n) is 2.47. The van der Waals surface area contributed by atoms with Crippen LogP contribution in [0.15, 0.2) is 12.4 Å². The summed E-state index contributed by atoms with van der Waals surface area (Å²) in [5.41, 5.74) is 1.31. The molecule has 0 fully saturated rings. The average molecular weight is 209 g/mol. The summed E-state index contributed by atoms with van der Waals surface area (Å²) in [4.78, 5) is 0. The van der Waals surface area contributed by atoms with E-state index in [4.69, 9.17) is 0 Å². The normalized spacial score (nSPS) is 13.4. The molecular formula is C12H23N3. The predicted molar refractivity (Wildman–Crippen MR) is 63.8 cm³/mol. The van der Waals surface area contributed by atoms with Gasteiger partial charge >= 0.3 is 0 Å². The molecule has 0 radical (unpaired) electrons. The molecule has 3 nitrogen and oxygen atoms in total. The summed E-state index contributed by atoms with van der Waals surface area (Å²) in [6.45, 7) is 10.8. The molecule has 0 aliphatic carbocycles. The van der Waals surface area contributed by atoms with Gasteiger partial charge in [0.25, 0.3) is 0 Å². The van der Waals surface area contributed by atoms with E-state index in [1.165, 1.54) is 5.56 Å². The van der Waals surface area contributed by atoms with E-state index in [1.807, 2.05) is 10.9 Å². The minimum Gasteiger partial charge on any atom is -0.310 e. The van der Waals surface area contributed by atoms with Crippen molar-refractivity contribution in [2.45, 2.75) is 46.7 Å². The average Bonchev–Trinajstić information content (AvgIpc) is 2.61. The standard InChI is InChI=1S/C12H23N3/c1-5-12(13-6-2)11-7-14-15(9-11)8-10(3)4/h7,9-10,12-13H,5-6,8H2,1-4H3. The van der Waals surface area contributed by atoms with Gasteiger partial charge in [0.2, 0.25) is 0 Å². The van der Waals surface area contributed by atoms with E-state index >= 15 is 0 Å². The zero-order chi connectivity index (χ0) is 11.3. The molecule has 1 rings (SSSR count). The number of rotatable bonds is 6. The van der Waals surface area contributed by atoms with Crippen LogP contribution < -0.4 is 5.32 Å². The van der Waals surface area contributed by atoms with Crippen LogP contribution in [0.5, 0.6) is 0 Å². The van der Waals surface area contributed by atoms with Gasteiger partial charge in [-0.3, -0.25) is 4.68 Å². The molecule has 86 valence electrons. The highest BCUT2D eigenvalue weighted by atomic mass is 15.3. The zero-order valence-electron chi connectivity index (χ0n) is 10.3. The third kappa shape index (κ3) is 3.67. The minimum atomic E-state index is 0.455. The summed E-state index contributed by atoms with van der Waals surface area (Å²) < 4.78 is 2.04. The van der Waals surface area contributed by atoms with Gasteiger partial charge in [-0.1, -0.05) is 27.7 Å². The van der Waals surface area contributed by atoms with Crippen LogP contribution in [0.25, 0.3) is 0 Å². The molecule has 1 heterocycles. The SMILES string of the molecule is CCNC(CC)c1cnn(CC(C)C)c1. The van der Waals surface area contributed by atoms with Crippen molar-refractivity contribution < 1.29 is 0 Å². The maximum atomic E-state index is 4.38. The highest BCUT2D eigenvalue weighted by Gasteiger charge is 2.10. The van der Waals surface area contributed by atoms with Crippen molar-refractivity contribution in [3.8, 4) is 0 Å². The molecule has 0 spiro atoms. The first-order chi connectivity index (χ1) is 7.17. The zero-order valence-corrected chi connectivity index (χ0v) is 10.3. The maximum absolute atomic E-state index is 4.38. The van der Waals surface area contributed by atoms with E-state index < -0.39 is 0 Å². The van der Waals surface area contributed by atoms with Crippen LogP contribution in [0.3, 0.4) is 0 Å². The lowest BCUT2D eigenvalue weighted by molar-refractivity contribution is 0.481. The van der Waals surface area contributed by atoms with Crippen LogP contribution in [-0.4, -0.2) is 16.3 Å². The smallest absolute Gasteiger partial charge is 0.0537 e. The van der Waals surface area contributed by atoms with Crippen LogP contribution in [0.4, 0.5) is 0 Å². The molecule has 15 heavy (non-hydrogen) atoms. The van der Waals surface area contributed by atoms with Crippen LogP contribution in [0.1, 0.15) is 45.7 Å². The molecule has 1 aromatic heterocycles. The lowest BCUT2D eigenvalue weighted by Gasteiger charge is -2.13. The van der Waals surface area contributed by atoms with E-state index in [9.17, 15) is 0 Å². The Hall–Kier alpha value is -0.830. The molecule has 1 unspecified atom stereocenters. The number of nitrogens with zero attached hydrogens (tertiary/aromatic N) is 2. The predicted octanol–water partition coefficient (Wildman–Crippen LogP) is 2.60. The van der Waals surface area contributed by atoms with Gasteiger partial charge in [0.1, 0.15) is 0 Å². The van der Waals surface area contributed by atoms with Crippen molar-refractivity contribution in [2.24, 2.45) is 5.92 Å². The molecule has 0 saturated heterocycles. The molecule has 0 aliphatic heterocycles. The fourth-order valence-corrected chi connectivity index (χ4v) is 1.78. The lowest BCUT2D eigenvalue weighted by Crippen LogP contribution is -2.19. The van der Waals surface area contributed by atoms with Crippen LogP contribution in [0.2, 0.25) is 0 Å². The van der Waals surface area contributed by atoms with Crippen molar-refractivity contribution in [3.05, 3.63) is 18.0 Å². The molecular weight excluding hydrogens is 186 g/mol. The van der Waals surface area contributed by atoms with Gasteiger partial charge in [-0.05, 0) is 18.9 Å². The first kappa shape index (κ1) is 12.2. The van der Waals surface area contributed by atoms with Crippen LogP contribution in [-0.2, 0) is 6.54 Å². The molecule has 0 amide bonds. The molecule has 0 saturated carbocycles. The monoisotopic (exact) mass is 209 g/mol. The molecule has 0 aliphatic rings. The molecule has 1 atom stereocenters. The summed E-state index contributed by atoms with van der Waals surface area (Å²) in [7, 11) is 0. The van der Waals surface area contributed by atoms with Crippen molar-refractivity contribution in [2.75, 3.05) is 6.54 Å². The first-order valence-corrected chi connectivity index (χ1v) is 5.93. The Labute approximate surface area is 92.9 Å². The highest BCUT2D eigenvalue weighted by Crippen LogP contribution is 2.15. The molecule has 3 heteroatoms. The Kier molecular flexibility index (Phi) is 4.82. The first-order valence-electron chi connectivity index (χ1n) is 5.93. The number of hydrogen-bond donors (Lipinski definition) is 1. The summed E-state index contributed by atoms with van der Waals surface area (Å²) in [6, 6.07) is 0.455. The van der Waals surface area contributed by atoms with Crippen molar-refractivity contribution in [1.82, 2.24) is 15.1 Å². The van der Waals surface area contributed by atoms with E-state index in [2.05, 4.69) is 44.3 Å². The third-order valence-corrected chi connectivity index (χ3v) is 2.47.